The predicted octanol–water partition coefficient (Wildman–Crippen LogP) is 12.7. The Kier molecular flexibility index (Phi) is 5.92. The van der Waals surface area contributed by atoms with Gasteiger partial charge in [-0.3, -0.25) is 0 Å². The van der Waals surface area contributed by atoms with Crippen LogP contribution in [0.3, 0.4) is 0 Å². The maximum atomic E-state index is 2.57. The number of rotatable bonds is 2. The van der Waals surface area contributed by atoms with Crippen LogP contribution in [0.1, 0.15) is 0 Å². The van der Waals surface area contributed by atoms with Crippen molar-refractivity contribution in [3.63, 3.8) is 0 Å². The van der Waals surface area contributed by atoms with Crippen molar-refractivity contribution in [1.82, 2.24) is 0 Å². The number of hydrogen-bond acceptors (Lipinski definition) is 0. The van der Waals surface area contributed by atoms with E-state index in [0.717, 1.165) is 0 Å². The Morgan fingerprint density at radius 2 is 0.765 bits per heavy atom. The molecule has 0 atom stereocenters. The summed E-state index contributed by atoms with van der Waals surface area (Å²) in [6, 6.07) is 64.1. The highest BCUT2D eigenvalue weighted by Gasteiger charge is 2.40. The Balaban J connectivity index is 1.41. The molecule has 1 aliphatic rings. The molecule has 0 radical (unpaired) electrons. The highest BCUT2D eigenvalue weighted by molar-refractivity contribution is 7.05. The van der Waals surface area contributed by atoms with Crippen LogP contribution in [0, 0.1) is 0 Å². The van der Waals surface area contributed by atoms with Crippen LogP contribution < -0.4 is 10.4 Å². The summed E-state index contributed by atoms with van der Waals surface area (Å²) >= 11 is 0. The van der Waals surface area contributed by atoms with Gasteiger partial charge in [0.05, 0.1) is 0 Å². The molecule has 0 N–H and O–H groups in total. The molecule has 10 aromatic carbocycles. The molecule has 0 aromatic heterocycles. The first kappa shape index (κ1) is 28.8. The van der Waals surface area contributed by atoms with Gasteiger partial charge in [-0.1, -0.05) is 171 Å². The topological polar surface area (TPSA) is 0 Å². The lowest BCUT2D eigenvalue weighted by Gasteiger charge is -2.26. The number of benzene rings is 10. The molecule has 1 heterocycles. The van der Waals surface area contributed by atoms with Gasteiger partial charge in [-0.25, -0.2) is 0 Å². The van der Waals surface area contributed by atoms with Crippen molar-refractivity contribution >= 4 is 83.1 Å². The molecule has 0 unspecified atom stereocenters. The quantitative estimate of drug-likeness (QED) is 0.0982. The second-order valence-corrected chi connectivity index (χ2v) is 19.0. The van der Waals surface area contributed by atoms with Crippen molar-refractivity contribution in [3.8, 4) is 33.4 Å². The first-order valence-corrected chi connectivity index (χ1v) is 21.0. The van der Waals surface area contributed by atoms with Crippen LogP contribution in [0.4, 0.5) is 0 Å². The van der Waals surface area contributed by atoms with E-state index in [0.29, 0.717) is 0 Å². The van der Waals surface area contributed by atoms with Crippen molar-refractivity contribution in [2.24, 2.45) is 0 Å². The van der Waals surface area contributed by atoms with E-state index < -0.39 is 8.07 Å². The van der Waals surface area contributed by atoms with Crippen LogP contribution in [0.15, 0.2) is 170 Å². The normalized spacial score (nSPS) is 13.5. The third kappa shape index (κ3) is 3.90. The zero-order chi connectivity index (χ0) is 33.8. The molecule has 0 saturated heterocycles. The van der Waals surface area contributed by atoms with Crippen LogP contribution in [0.5, 0.6) is 0 Å². The predicted molar refractivity (Wildman–Crippen MR) is 225 cm³/mol. The van der Waals surface area contributed by atoms with Gasteiger partial charge >= 0.3 is 0 Å². The highest BCUT2D eigenvalue weighted by Crippen LogP contribution is 2.49. The van der Waals surface area contributed by atoms with Gasteiger partial charge in [-0.15, -0.1) is 0 Å². The van der Waals surface area contributed by atoms with Crippen LogP contribution in [-0.2, 0) is 0 Å². The smallest absolute Gasteiger partial charge is 0.0623 e. The number of fused-ring (bicyclic) bond motifs is 12. The highest BCUT2D eigenvalue weighted by atomic mass is 28.3. The fourth-order valence-corrected chi connectivity index (χ4v) is 13.1. The van der Waals surface area contributed by atoms with E-state index in [1.54, 1.807) is 5.19 Å². The minimum absolute atomic E-state index is 1.27. The van der Waals surface area contributed by atoms with Gasteiger partial charge < -0.3 is 0 Å². The molecule has 1 aliphatic heterocycles. The summed E-state index contributed by atoms with van der Waals surface area (Å²) in [4.78, 5) is 0. The largest absolute Gasteiger partial charge is 0.114 e. The Hall–Kier alpha value is -6.02. The first-order valence-electron chi connectivity index (χ1n) is 18.0. The third-order valence-electron chi connectivity index (χ3n) is 11.8. The lowest BCUT2D eigenvalue weighted by Crippen LogP contribution is -2.49. The standard InChI is InChI=1S/C50H34Si/c1-51(2)46-26-14-13-23-39(46)42-27-28-43-47(44-29-31-15-3-5-17-33(31)35-19-7-9-21-37(35)44)40-24-11-12-25-41(40)48(49(43)50(42)51)45-30-32-16-4-6-18-34(32)36-20-8-10-22-38(36)45/h3-30H,1-2H3. The molecule has 0 spiro atoms. The van der Waals surface area contributed by atoms with E-state index in [9.17, 15) is 0 Å². The van der Waals surface area contributed by atoms with E-state index >= 15 is 0 Å². The third-order valence-corrected chi connectivity index (χ3v) is 15.3. The van der Waals surface area contributed by atoms with Crippen molar-refractivity contribution in [3.05, 3.63) is 170 Å². The summed E-state index contributed by atoms with van der Waals surface area (Å²) in [5.41, 5.74) is 8.13. The van der Waals surface area contributed by atoms with Crippen molar-refractivity contribution in [2.45, 2.75) is 13.1 Å². The lowest BCUT2D eigenvalue weighted by molar-refractivity contribution is 1.70. The lowest BCUT2D eigenvalue weighted by atomic mass is 9.81. The molecule has 0 fully saturated rings. The van der Waals surface area contributed by atoms with E-state index in [1.165, 1.54) is 103 Å². The van der Waals surface area contributed by atoms with Gasteiger partial charge in [-0.2, -0.15) is 0 Å². The average Bonchev–Trinajstić information content (AvgIpc) is 3.42. The summed E-state index contributed by atoms with van der Waals surface area (Å²) < 4.78 is 0. The Bertz CT molecular complexity index is 3110. The molecule has 0 saturated carbocycles. The SMILES string of the molecule is C[Si]1(C)c2ccccc2-c2ccc3c(-c4cc5ccccc5c5ccccc45)c4ccccc4c(-c4cc5ccccc5c5ccccc45)c3c21. The van der Waals surface area contributed by atoms with E-state index in [2.05, 4.69) is 183 Å². The molecular weight excluding hydrogens is 629 g/mol. The Morgan fingerprint density at radius 3 is 1.37 bits per heavy atom. The fourth-order valence-electron chi connectivity index (χ4n) is 9.63. The molecule has 0 aliphatic carbocycles. The monoisotopic (exact) mass is 662 g/mol. The van der Waals surface area contributed by atoms with E-state index in [-0.39, 0.29) is 0 Å². The van der Waals surface area contributed by atoms with E-state index in [4.69, 9.17) is 0 Å². The van der Waals surface area contributed by atoms with Crippen LogP contribution >= 0.6 is 0 Å². The van der Waals surface area contributed by atoms with Gasteiger partial charge in [-0.05, 0) is 121 Å². The summed E-state index contributed by atoms with van der Waals surface area (Å²) in [5, 5.41) is 18.8. The minimum Gasteiger partial charge on any atom is -0.0623 e. The molecule has 51 heavy (non-hydrogen) atoms. The van der Waals surface area contributed by atoms with Gasteiger partial charge in [0.25, 0.3) is 0 Å². The molecule has 11 rings (SSSR count). The Labute approximate surface area is 298 Å². The van der Waals surface area contributed by atoms with Gasteiger partial charge in [0, 0.05) is 0 Å². The van der Waals surface area contributed by atoms with Gasteiger partial charge in [0.2, 0.25) is 0 Å². The molecular formula is C50H34Si. The fraction of sp³-hybridized carbons (Fsp3) is 0.0400. The number of hydrogen-bond donors (Lipinski definition) is 0. The molecule has 10 aromatic rings. The molecule has 0 amide bonds. The zero-order valence-electron chi connectivity index (χ0n) is 28.7. The molecule has 0 bridgehead atoms. The molecule has 0 nitrogen and oxygen atoms in total. The van der Waals surface area contributed by atoms with Gasteiger partial charge in [0.15, 0.2) is 0 Å². The van der Waals surface area contributed by atoms with Crippen molar-refractivity contribution in [1.29, 1.82) is 0 Å². The average molecular weight is 663 g/mol. The summed E-state index contributed by atoms with van der Waals surface area (Å²) in [6.45, 7) is 5.14. The van der Waals surface area contributed by atoms with Crippen LogP contribution in [0.25, 0.3) is 98.0 Å². The van der Waals surface area contributed by atoms with Crippen molar-refractivity contribution < 1.29 is 0 Å². The van der Waals surface area contributed by atoms with Crippen LogP contribution in [-0.4, -0.2) is 8.07 Å². The van der Waals surface area contributed by atoms with Crippen LogP contribution in [0.2, 0.25) is 13.1 Å². The summed E-state index contributed by atoms with van der Waals surface area (Å²) in [6.07, 6.45) is 0. The summed E-state index contributed by atoms with van der Waals surface area (Å²) in [7, 11) is -2.14. The maximum Gasteiger partial charge on any atom is 0.114 e. The second kappa shape index (κ2) is 10.5. The van der Waals surface area contributed by atoms with Crippen molar-refractivity contribution in [2.75, 3.05) is 0 Å². The zero-order valence-corrected chi connectivity index (χ0v) is 29.7. The molecule has 238 valence electrons. The second-order valence-electron chi connectivity index (χ2n) is 14.8. The Morgan fingerprint density at radius 1 is 0.314 bits per heavy atom. The van der Waals surface area contributed by atoms with Gasteiger partial charge in [0.1, 0.15) is 8.07 Å². The van der Waals surface area contributed by atoms with E-state index in [1.807, 2.05) is 0 Å². The first-order chi connectivity index (χ1) is 25.1. The minimum atomic E-state index is -2.14. The maximum absolute atomic E-state index is 2.57. The molecule has 1 heteroatoms. The summed E-state index contributed by atoms with van der Waals surface area (Å²) in [5.74, 6) is 0.